The van der Waals surface area contributed by atoms with Crippen molar-refractivity contribution in [1.82, 2.24) is 4.98 Å². The molecule has 0 saturated heterocycles. The van der Waals surface area contributed by atoms with Gasteiger partial charge in [-0.3, -0.25) is 9.78 Å². The number of amides is 1. The number of rotatable bonds is 2. The third-order valence-electron chi connectivity index (χ3n) is 4.52. The maximum absolute atomic E-state index is 12.6. The van der Waals surface area contributed by atoms with Crippen molar-refractivity contribution in [3.05, 3.63) is 35.5 Å². The van der Waals surface area contributed by atoms with Crippen LogP contribution in [-0.4, -0.2) is 16.9 Å². The van der Waals surface area contributed by atoms with Crippen LogP contribution in [0.3, 0.4) is 0 Å². The first-order valence-corrected chi connectivity index (χ1v) is 7.50. The van der Waals surface area contributed by atoms with E-state index < -0.39 is 5.41 Å². The number of nitrogens with two attached hydrogens (primary N) is 1. The molecule has 1 aromatic carbocycles. The van der Waals surface area contributed by atoms with Crippen LogP contribution in [0.5, 0.6) is 0 Å². The van der Waals surface area contributed by atoms with E-state index in [0.29, 0.717) is 10.5 Å². The molecule has 1 aliphatic carbocycles. The minimum atomic E-state index is -0.506. The van der Waals surface area contributed by atoms with Gasteiger partial charge in [0.1, 0.15) is 0 Å². The van der Waals surface area contributed by atoms with Gasteiger partial charge in [0.05, 0.1) is 21.6 Å². The molecule has 1 heterocycles. The molecular weight excluding hydrogens is 286 g/mol. The summed E-state index contributed by atoms with van der Waals surface area (Å²) < 4.78 is 0. The van der Waals surface area contributed by atoms with Crippen LogP contribution >= 0.6 is 11.6 Å². The summed E-state index contributed by atoms with van der Waals surface area (Å²) in [6, 6.07) is 7.21. The number of benzene rings is 1. The zero-order valence-corrected chi connectivity index (χ0v) is 12.7. The van der Waals surface area contributed by atoms with E-state index in [4.69, 9.17) is 17.3 Å². The lowest BCUT2D eigenvalue weighted by Gasteiger charge is -2.27. The van der Waals surface area contributed by atoms with Gasteiger partial charge >= 0.3 is 0 Å². The predicted octanol–water partition coefficient (Wildman–Crippen LogP) is 3.34. The lowest BCUT2D eigenvalue weighted by Crippen LogP contribution is -2.44. The third kappa shape index (κ3) is 2.39. The van der Waals surface area contributed by atoms with Crippen molar-refractivity contribution in [1.29, 1.82) is 0 Å². The Hall–Kier alpha value is -1.65. The maximum Gasteiger partial charge on any atom is 0.231 e. The summed E-state index contributed by atoms with van der Waals surface area (Å²) in [5, 5.41) is 4.42. The van der Waals surface area contributed by atoms with Gasteiger partial charge in [-0.1, -0.05) is 18.0 Å². The van der Waals surface area contributed by atoms with Crippen molar-refractivity contribution in [2.45, 2.75) is 32.2 Å². The number of fused-ring (bicyclic) bond motifs is 1. The lowest BCUT2D eigenvalue weighted by molar-refractivity contribution is -0.125. The number of carbonyl (C=O) groups is 1. The quantitative estimate of drug-likeness (QED) is 0.894. The van der Waals surface area contributed by atoms with E-state index in [-0.39, 0.29) is 11.9 Å². The summed E-state index contributed by atoms with van der Waals surface area (Å²) in [5.74, 6) is -0.0278. The largest absolute Gasteiger partial charge is 0.327 e. The summed E-state index contributed by atoms with van der Waals surface area (Å²) in [5.41, 5.74) is 7.03. The van der Waals surface area contributed by atoms with Gasteiger partial charge in [-0.2, -0.15) is 0 Å². The van der Waals surface area contributed by atoms with Crippen LogP contribution in [0, 0.1) is 5.41 Å². The molecule has 0 aliphatic heterocycles. The zero-order valence-electron chi connectivity index (χ0n) is 11.9. The number of hydrogen-bond acceptors (Lipinski definition) is 3. The topological polar surface area (TPSA) is 68.0 Å². The van der Waals surface area contributed by atoms with Crippen LogP contribution in [-0.2, 0) is 4.79 Å². The fourth-order valence-corrected chi connectivity index (χ4v) is 3.20. The Labute approximate surface area is 128 Å². The van der Waals surface area contributed by atoms with Crippen molar-refractivity contribution in [3.63, 3.8) is 0 Å². The van der Waals surface area contributed by atoms with Crippen molar-refractivity contribution >= 4 is 34.1 Å². The summed E-state index contributed by atoms with van der Waals surface area (Å²) in [7, 11) is 0. The molecule has 2 atom stereocenters. The van der Waals surface area contributed by atoms with Crippen LogP contribution in [0.4, 0.5) is 5.69 Å². The zero-order chi connectivity index (χ0) is 15.0. The molecule has 3 N–H and O–H groups in total. The SMILES string of the molecule is CC1(C(=O)Nc2ccc(Cl)c3ncccc23)CCCC1N. The molecule has 1 aromatic heterocycles. The molecule has 110 valence electrons. The molecule has 1 amide bonds. The molecule has 0 spiro atoms. The molecule has 0 bridgehead atoms. The van der Waals surface area contributed by atoms with Gasteiger partial charge in [-0.05, 0) is 44.0 Å². The van der Waals surface area contributed by atoms with Crippen LogP contribution < -0.4 is 11.1 Å². The molecule has 1 saturated carbocycles. The summed E-state index contributed by atoms with van der Waals surface area (Å²) in [4.78, 5) is 16.9. The average molecular weight is 304 g/mol. The van der Waals surface area contributed by atoms with Gasteiger partial charge in [0.25, 0.3) is 0 Å². The second kappa shape index (κ2) is 5.28. The number of hydrogen-bond donors (Lipinski definition) is 2. The van der Waals surface area contributed by atoms with Crippen molar-refractivity contribution < 1.29 is 4.79 Å². The molecule has 0 radical (unpaired) electrons. The number of nitrogens with one attached hydrogen (secondary N) is 1. The van der Waals surface area contributed by atoms with Gasteiger partial charge in [0, 0.05) is 17.6 Å². The van der Waals surface area contributed by atoms with Gasteiger partial charge < -0.3 is 11.1 Å². The van der Waals surface area contributed by atoms with Crippen LogP contribution in [0.2, 0.25) is 5.02 Å². The van der Waals surface area contributed by atoms with Crippen molar-refractivity contribution in [2.24, 2.45) is 11.1 Å². The Morgan fingerprint density at radius 1 is 1.48 bits per heavy atom. The van der Waals surface area contributed by atoms with Crippen molar-refractivity contribution in [2.75, 3.05) is 5.32 Å². The number of anilines is 1. The Morgan fingerprint density at radius 2 is 2.29 bits per heavy atom. The van der Waals surface area contributed by atoms with E-state index in [1.165, 1.54) is 0 Å². The van der Waals surface area contributed by atoms with Gasteiger partial charge in [-0.25, -0.2) is 0 Å². The first-order valence-electron chi connectivity index (χ1n) is 7.12. The van der Waals surface area contributed by atoms with Gasteiger partial charge in [0.15, 0.2) is 0 Å². The summed E-state index contributed by atoms with van der Waals surface area (Å²) in [6.45, 7) is 1.94. The fourth-order valence-electron chi connectivity index (χ4n) is 2.99. The molecule has 1 aliphatic rings. The van der Waals surface area contributed by atoms with Gasteiger partial charge in [-0.15, -0.1) is 0 Å². The Kier molecular flexibility index (Phi) is 3.59. The monoisotopic (exact) mass is 303 g/mol. The highest BCUT2D eigenvalue weighted by molar-refractivity contribution is 6.35. The minimum absolute atomic E-state index is 0.0278. The van der Waals surface area contributed by atoms with E-state index in [0.717, 1.165) is 30.3 Å². The van der Waals surface area contributed by atoms with Gasteiger partial charge in [0.2, 0.25) is 5.91 Å². The highest BCUT2D eigenvalue weighted by Crippen LogP contribution is 2.38. The highest BCUT2D eigenvalue weighted by atomic mass is 35.5. The molecule has 2 unspecified atom stereocenters. The minimum Gasteiger partial charge on any atom is -0.327 e. The number of pyridine rings is 1. The van der Waals surface area contributed by atoms with Crippen LogP contribution in [0.15, 0.2) is 30.5 Å². The molecule has 2 aromatic rings. The molecule has 1 fully saturated rings. The normalized spacial score (nSPS) is 25.2. The third-order valence-corrected chi connectivity index (χ3v) is 4.82. The first-order chi connectivity index (χ1) is 10.0. The van der Waals surface area contributed by atoms with Crippen LogP contribution in [0.1, 0.15) is 26.2 Å². The first kappa shape index (κ1) is 14.3. The second-order valence-corrected chi connectivity index (χ2v) is 6.27. The Bertz CT molecular complexity index is 703. The molecule has 5 heteroatoms. The Morgan fingerprint density at radius 3 is 3.00 bits per heavy atom. The highest BCUT2D eigenvalue weighted by Gasteiger charge is 2.43. The maximum atomic E-state index is 12.6. The van der Waals surface area contributed by atoms with E-state index in [1.807, 2.05) is 25.1 Å². The standard InChI is InChI=1S/C16H18ClN3O/c1-16(8-2-5-13(16)18)15(21)20-12-7-6-11(17)14-10(12)4-3-9-19-14/h3-4,6-7,9,13H,2,5,8,18H2,1H3,(H,20,21). The van der Waals surface area contributed by atoms with E-state index >= 15 is 0 Å². The number of nitrogens with zero attached hydrogens (tertiary/aromatic N) is 1. The average Bonchev–Trinajstić information content (AvgIpc) is 2.83. The van der Waals surface area contributed by atoms with E-state index in [9.17, 15) is 4.79 Å². The summed E-state index contributed by atoms with van der Waals surface area (Å²) >= 11 is 6.15. The van der Waals surface area contributed by atoms with E-state index in [2.05, 4.69) is 10.3 Å². The lowest BCUT2D eigenvalue weighted by atomic mass is 9.84. The number of aromatic nitrogens is 1. The number of halogens is 1. The predicted molar refractivity (Wildman–Crippen MR) is 85.3 cm³/mol. The smallest absolute Gasteiger partial charge is 0.231 e. The van der Waals surface area contributed by atoms with Crippen molar-refractivity contribution in [3.8, 4) is 0 Å². The molecule has 21 heavy (non-hydrogen) atoms. The second-order valence-electron chi connectivity index (χ2n) is 5.86. The summed E-state index contributed by atoms with van der Waals surface area (Å²) in [6.07, 6.45) is 4.40. The fraction of sp³-hybridized carbons (Fsp3) is 0.375. The van der Waals surface area contributed by atoms with Crippen LogP contribution in [0.25, 0.3) is 10.9 Å². The molecule has 4 nitrogen and oxygen atoms in total. The van der Waals surface area contributed by atoms with E-state index in [1.54, 1.807) is 12.3 Å². The Balaban J connectivity index is 1.96. The number of carbonyl (C=O) groups excluding carboxylic acids is 1. The molecular formula is C16H18ClN3O. The molecule has 3 rings (SSSR count).